The summed E-state index contributed by atoms with van der Waals surface area (Å²) in [6, 6.07) is 0. The lowest BCUT2D eigenvalue weighted by atomic mass is 9.88. The van der Waals surface area contributed by atoms with Crippen LogP contribution in [-0.2, 0) is 6.54 Å². The lowest BCUT2D eigenvalue weighted by Crippen LogP contribution is -2.21. The molecule has 1 unspecified atom stereocenters. The van der Waals surface area contributed by atoms with Crippen molar-refractivity contribution in [1.29, 1.82) is 0 Å². The molecular weight excluding hydrogens is 212 g/mol. The Morgan fingerprint density at radius 2 is 2.00 bits per heavy atom. The molecule has 3 nitrogen and oxygen atoms in total. The van der Waals surface area contributed by atoms with Gasteiger partial charge in [-0.3, -0.25) is 0 Å². The molecule has 2 heterocycles. The monoisotopic (exact) mass is 234 g/mol. The zero-order chi connectivity index (χ0) is 11.7. The fourth-order valence-corrected chi connectivity index (χ4v) is 3.49. The molecule has 3 rings (SSSR count). The number of rotatable bonds is 2. The van der Waals surface area contributed by atoms with Gasteiger partial charge in [-0.1, -0.05) is 19.3 Å². The second-order valence-electron chi connectivity index (χ2n) is 5.55. The molecule has 3 heteroatoms. The van der Waals surface area contributed by atoms with Crippen LogP contribution in [0.25, 0.3) is 0 Å². The van der Waals surface area contributed by atoms with E-state index in [1.165, 1.54) is 50.0 Å². The van der Waals surface area contributed by atoms with Crippen molar-refractivity contribution in [2.75, 3.05) is 6.61 Å². The van der Waals surface area contributed by atoms with Crippen LogP contribution in [0.3, 0.4) is 0 Å². The molecular formula is C14H22N2O. The van der Waals surface area contributed by atoms with E-state index in [2.05, 4.69) is 9.55 Å². The van der Waals surface area contributed by atoms with Crippen molar-refractivity contribution in [3.05, 3.63) is 17.7 Å². The Kier molecular flexibility index (Phi) is 3.19. The summed E-state index contributed by atoms with van der Waals surface area (Å²) in [6.07, 6.45) is 11.0. The van der Waals surface area contributed by atoms with Crippen LogP contribution >= 0.6 is 0 Å². The summed E-state index contributed by atoms with van der Waals surface area (Å²) in [5.41, 5.74) is 1.28. The molecule has 0 bridgehead atoms. The third kappa shape index (κ3) is 2.01. The van der Waals surface area contributed by atoms with Gasteiger partial charge in [0.25, 0.3) is 0 Å². The van der Waals surface area contributed by atoms with E-state index in [1.54, 1.807) is 0 Å². The summed E-state index contributed by atoms with van der Waals surface area (Å²) in [6.45, 7) is 1.38. The SMILES string of the molecule is OCC1CCCn2c1cnc2C1CCCCC1. The Hall–Kier alpha value is -0.830. The summed E-state index contributed by atoms with van der Waals surface area (Å²) >= 11 is 0. The molecule has 1 aliphatic heterocycles. The summed E-state index contributed by atoms with van der Waals surface area (Å²) < 4.78 is 2.40. The van der Waals surface area contributed by atoms with Gasteiger partial charge in [-0.15, -0.1) is 0 Å². The third-order valence-corrected chi connectivity index (χ3v) is 4.46. The first-order chi connectivity index (χ1) is 8.40. The number of fused-ring (bicyclic) bond motifs is 1. The van der Waals surface area contributed by atoms with Gasteiger partial charge >= 0.3 is 0 Å². The molecule has 1 saturated carbocycles. The third-order valence-electron chi connectivity index (χ3n) is 4.46. The maximum Gasteiger partial charge on any atom is 0.111 e. The lowest BCUT2D eigenvalue weighted by molar-refractivity contribution is 0.239. The van der Waals surface area contributed by atoms with Gasteiger partial charge in [0.2, 0.25) is 0 Å². The fourth-order valence-electron chi connectivity index (χ4n) is 3.49. The number of aliphatic hydroxyl groups is 1. The Morgan fingerprint density at radius 3 is 2.76 bits per heavy atom. The lowest BCUT2D eigenvalue weighted by Gasteiger charge is -2.27. The minimum Gasteiger partial charge on any atom is -0.396 e. The molecule has 17 heavy (non-hydrogen) atoms. The van der Waals surface area contributed by atoms with Crippen molar-refractivity contribution in [3.8, 4) is 0 Å². The first kappa shape index (κ1) is 11.3. The molecule has 1 aromatic rings. The molecule has 0 amide bonds. The smallest absolute Gasteiger partial charge is 0.111 e. The first-order valence-electron chi connectivity index (χ1n) is 7.06. The van der Waals surface area contributed by atoms with E-state index < -0.39 is 0 Å². The van der Waals surface area contributed by atoms with Crippen LogP contribution < -0.4 is 0 Å². The Labute approximate surface area is 103 Å². The van der Waals surface area contributed by atoms with Crippen LogP contribution in [-0.4, -0.2) is 21.3 Å². The average Bonchev–Trinajstić information content (AvgIpc) is 2.83. The molecule has 1 aromatic heterocycles. The van der Waals surface area contributed by atoms with E-state index in [-0.39, 0.29) is 6.61 Å². The maximum atomic E-state index is 9.42. The molecule has 2 aliphatic rings. The van der Waals surface area contributed by atoms with Gasteiger partial charge < -0.3 is 9.67 Å². The van der Waals surface area contributed by atoms with E-state index >= 15 is 0 Å². The van der Waals surface area contributed by atoms with Gasteiger partial charge in [-0.25, -0.2) is 4.98 Å². The second kappa shape index (κ2) is 4.81. The first-order valence-corrected chi connectivity index (χ1v) is 7.06. The predicted octanol–water partition coefficient (Wildman–Crippen LogP) is 2.80. The number of aliphatic hydroxyl groups excluding tert-OH is 1. The molecule has 1 aliphatic carbocycles. The Bertz CT molecular complexity index is 380. The zero-order valence-corrected chi connectivity index (χ0v) is 10.4. The Balaban J connectivity index is 1.88. The molecule has 0 spiro atoms. The van der Waals surface area contributed by atoms with Gasteiger partial charge in [-0.05, 0) is 25.7 Å². The number of aromatic nitrogens is 2. The highest BCUT2D eigenvalue weighted by Gasteiger charge is 2.27. The minimum atomic E-state index is 0.274. The van der Waals surface area contributed by atoms with Crippen LogP contribution in [0.1, 0.15) is 68.3 Å². The topological polar surface area (TPSA) is 38.0 Å². The van der Waals surface area contributed by atoms with E-state index in [9.17, 15) is 5.11 Å². The van der Waals surface area contributed by atoms with E-state index in [0.29, 0.717) is 11.8 Å². The van der Waals surface area contributed by atoms with Gasteiger partial charge in [0, 0.05) is 30.3 Å². The van der Waals surface area contributed by atoms with Crippen LogP contribution in [0.4, 0.5) is 0 Å². The molecule has 1 fully saturated rings. The van der Waals surface area contributed by atoms with Crippen LogP contribution in [0, 0.1) is 0 Å². The van der Waals surface area contributed by atoms with E-state index in [4.69, 9.17) is 0 Å². The van der Waals surface area contributed by atoms with Crippen molar-refractivity contribution in [2.45, 2.75) is 63.3 Å². The van der Waals surface area contributed by atoms with Crippen LogP contribution in [0.2, 0.25) is 0 Å². The fraction of sp³-hybridized carbons (Fsp3) is 0.786. The van der Waals surface area contributed by atoms with Crippen molar-refractivity contribution < 1.29 is 5.11 Å². The molecule has 94 valence electrons. The highest BCUT2D eigenvalue weighted by Crippen LogP contribution is 2.35. The van der Waals surface area contributed by atoms with Gasteiger partial charge in [0.1, 0.15) is 5.82 Å². The minimum absolute atomic E-state index is 0.274. The quantitative estimate of drug-likeness (QED) is 0.854. The molecule has 0 radical (unpaired) electrons. The predicted molar refractivity (Wildman–Crippen MR) is 67.1 cm³/mol. The second-order valence-corrected chi connectivity index (χ2v) is 5.55. The highest BCUT2D eigenvalue weighted by atomic mass is 16.3. The Morgan fingerprint density at radius 1 is 1.18 bits per heavy atom. The standard InChI is InChI=1S/C14H22N2O/c17-10-12-7-4-8-16-13(12)9-15-14(16)11-5-2-1-3-6-11/h9,11-12,17H,1-8,10H2. The van der Waals surface area contributed by atoms with E-state index in [0.717, 1.165) is 13.0 Å². The van der Waals surface area contributed by atoms with Crippen LogP contribution in [0.5, 0.6) is 0 Å². The summed E-state index contributed by atoms with van der Waals surface area (Å²) in [5.74, 6) is 2.31. The summed E-state index contributed by atoms with van der Waals surface area (Å²) in [4.78, 5) is 4.67. The number of nitrogens with zero attached hydrogens (tertiary/aromatic N) is 2. The summed E-state index contributed by atoms with van der Waals surface area (Å²) in [7, 11) is 0. The molecule has 0 saturated heterocycles. The van der Waals surface area contributed by atoms with Crippen molar-refractivity contribution in [2.24, 2.45) is 0 Å². The van der Waals surface area contributed by atoms with Crippen LogP contribution in [0.15, 0.2) is 6.20 Å². The number of hydrogen-bond donors (Lipinski definition) is 1. The normalized spacial score (nSPS) is 25.8. The average molecular weight is 234 g/mol. The van der Waals surface area contributed by atoms with Gasteiger partial charge in [-0.2, -0.15) is 0 Å². The molecule has 1 atom stereocenters. The highest BCUT2D eigenvalue weighted by molar-refractivity contribution is 5.16. The van der Waals surface area contributed by atoms with Gasteiger partial charge in [0.15, 0.2) is 0 Å². The maximum absolute atomic E-state index is 9.42. The molecule has 0 aromatic carbocycles. The summed E-state index contributed by atoms with van der Waals surface area (Å²) in [5, 5.41) is 9.42. The van der Waals surface area contributed by atoms with Crippen molar-refractivity contribution in [1.82, 2.24) is 9.55 Å². The zero-order valence-electron chi connectivity index (χ0n) is 10.4. The largest absolute Gasteiger partial charge is 0.396 e. The molecule has 1 N–H and O–H groups in total. The van der Waals surface area contributed by atoms with E-state index in [1.807, 2.05) is 6.20 Å². The number of hydrogen-bond acceptors (Lipinski definition) is 2. The van der Waals surface area contributed by atoms with Crippen molar-refractivity contribution >= 4 is 0 Å². The number of imidazole rings is 1. The van der Waals surface area contributed by atoms with Gasteiger partial charge in [0.05, 0.1) is 6.61 Å². The van der Waals surface area contributed by atoms with Crippen molar-refractivity contribution in [3.63, 3.8) is 0 Å².